The van der Waals surface area contributed by atoms with Crippen molar-refractivity contribution >= 4 is 62.1 Å². The van der Waals surface area contributed by atoms with Crippen LogP contribution in [0.25, 0.3) is 43.1 Å². The number of hydrogen-bond donors (Lipinski definition) is 0. The molecule has 0 spiro atoms. The maximum Gasteiger partial charge on any atom is 0.0307 e. The van der Waals surface area contributed by atoms with Crippen LogP contribution >= 0.6 is 0 Å². The van der Waals surface area contributed by atoms with Crippen molar-refractivity contribution < 1.29 is 76.5 Å². The summed E-state index contributed by atoms with van der Waals surface area (Å²) in [5.41, 5.74) is 5.48. The molecule has 0 fully saturated rings. The fourth-order valence-electron chi connectivity index (χ4n) is 5.22. The second kappa shape index (κ2) is 27.7. The van der Waals surface area contributed by atoms with E-state index in [0.29, 0.717) is 0 Å². The summed E-state index contributed by atoms with van der Waals surface area (Å²) in [5, 5.41) is 10.9. The Morgan fingerprint density at radius 3 is 0.660 bits per heavy atom. The molecule has 0 aromatic heterocycles. The van der Waals surface area contributed by atoms with Gasteiger partial charge in [-0.2, -0.15) is 46.5 Å². The van der Waals surface area contributed by atoms with Crippen LogP contribution in [0, 0.1) is 27.7 Å². The van der Waals surface area contributed by atoms with Crippen LogP contribution in [0.3, 0.4) is 0 Å². The molecule has 50 heavy (non-hydrogen) atoms. The Balaban J connectivity index is 0. The van der Waals surface area contributed by atoms with Crippen molar-refractivity contribution in [1.82, 2.24) is 0 Å². The van der Waals surface area contributed by atoms with E-state index in [0.717, 1.165) is 19.0 Å². The topological polar surface area (TPSA) is 0 Å². The van der Waals surface area contributed by atoms with Gasteiger partial charge < -0.3 is 24.8 Å². The fraction of sp³-hybridized carbons (Fsp3) is 0.182. The summed E-state index contributed by atoms with van der Waals surface area (Å²) in [7, 11) is 2.17. The van der Waals surface area contributed by atoms with E-state index in [1.54, 1.807) is 0 Å². The molecule has 0 saturated carbocycles. The van der Waals surface area contributed by atoms with E-state index < -0.39 is 0 Å². The number of rotatable bonds is 0. The van der Waals surface area contributed by atoms with Crippen LogP contribution in [0.15, 0.2) is 146 Å². The average molecular weight is 1060 g/mol. The molecule has 0 atom stereocenters. The molecular weight excluding hydrogens is 1010 g/mol. The fourth-order valence-corrected chi connectivity index (χ4v) is 5.22. The van der Waals surface area contributed by atoms with Crippen LogP contribution in [0.1, 0.15) is 22.3 Å². The molecular formula is C44H48Cl2Hf2Si2-6. The van der Waals surface area contributed by atoms with Crippen molar-refractivity contribution in [2.24, 2.45) is 0 Å². The SMILES string of the molecule is C[Si]C.C[Si]C.Cc1c[cH-]c2ccccc12.Cc1c[cH-]c2ccccc12.Cc1c[cH-]c2ccccc12.Cc1c[cH-]c2ccccc12.[Cl-].[Cl-].[Hf].[Hf]. The average Bonchev–Trinajstić information content (AvgIpc) is 3.86. The zero-order valence-electron chi connectivity index (χ0n) is 30.6. The first kappa shape index (κ1) is 50.2. The summed E-state index contributed by atoms with van der Waals surface area (Å²) < 4.78 is 0. The Morgan fingerprint density at radius 1 is 0.340 bits per heavy atom. The molecule has 4 radical (unpaired) electrons. The molecule has 0 aliphatic rings. The van der Waals surface area contributed by atoms with Gasteiger partial charge in [0.1, 0.15) is 0 Å². The minimum atomic E-state index is 0. The number of fused-ring (bicyclic) bond motifs is 4. The Labute approximate surface area is 357 Å². The van der Waals surface area contributed by atoms with E-state index in [1.165, 1.54) is 65.3 Å². The van der Waals surface area contributed by atoms with E-state index in [1.807, 2.05) is 0 Å². The molecule has 8 aromatic rings. The molecule has 8 rings (SSSR count). The molecule has 0 nitrogen and oxygen atoms in total. The summed E-state index contributed by atoms with van der Waals surface area (Å²) in [6.07, 6.45) is 0. The summed E-state index contributed by atoms with van der Waals surface area (Å²) in [5.74, 6) is 0. The molecule has 0 N–H and O–H groups in total. The van der Waals surface area contributed by atoms with Crippen molar-refractivity contribution in [2.75, 3.05) is 0 Å². The van der Waals surface area contributed by atoms with Gasteiger partial charge in [0.05, 0.1) is 0 Å². The van der Waals surface area contributed by atoms with Crippen molar-refractivity contribution in [2.45, 2.75) is 53.9 Å². The first-order valence-corrected chi connectivity index (χ1v) is 20.0. The van der Waals surface area contributed by atoms with Gasteiger partial charge in [-0.3, -0.25) is 0 Å². The molecule has 0 aliphatic heterocycles. The van der Waals surface area contributed by atoms with Crippen molar-refractivity contribution in [3.8, 4) is 0 Å². The summed E-state index contributed by atoms with van der Waals surface area (Å²) in [6.45, 7) is 17.2. The molecule has 0 amide bonds. The van der Waals surface area contributed by atoms with Gasteiger partial charge in [-0.25, -0.2) is 0 Å². The van der Waals surface area contributed by atoms with Gasteiger partial charge in [0.2, 0.25) is 0 Å². The number of halogens is 2. The van der Waals surface area contributed by atoms with Crippen LogP contribution in [-0.2, 0) is 51.7 Å². The Bertz CT molecular complexity index is 1720. The molecule has 0 aliphatic carbocycles. The molecule has 0 heterocycles. The van der Waals surface area contributed by atoms with Crippen LogP contribution in [0.5, 0.6) is 0 Å². The molecule has 260 valence electrons. The van der Waals surface area contributed by atoms with Crippen LogP contribution < -0.4 is 24.8 Å². The van der Waals surface area contributed by atoms with E-state index in [9.17, 15) is 0 Å². The van der Waals surface area contributed by atoms with Crippen molar-refractivity contribution in [3.05, 3.63) is 168 Å². The maximum atomic E-state index is 2.16. The Hall–Kier alpha value is -1.93. The van der Waals surface area contributed by atoms with Gasteiger partial charge in [-0.05, 0) is 0 Å². The minimum absolute atomic E-state index is 0. The second-order valence-electron chi connectivity index (χ2n) is 11.4. The third kappa shape index (κ3) is 15.4. The summed E-state index contributed by atoms with van der Waals surface area (Å²) >= 11 is 0. The third-order valence-electron chi connectivity index (χ3n) is 7.59. The van der Waals surface area contributed by atoms with Gasteiger partial charge in [0, 0.05) is 70.7 Å². The van der Waals surface area contributed by atoms with E-state index in [2.05, 4.69) is 199 Å². The number of benzene rings is 4. The zero-order valence-corrected chi connectivity index (χ0v) is 41.3. The Kier molecular flexibility index (Phi) is 27.8. The first-order chi connectivity index (χ1) is 22.3. The molecule has 0 unspecified atom stereocenters. The second-order valence-corrected chi connectivity index (χ2v) is 13.4. The summed E-state index contributed by atoms with van der Waals surface area (Å²) in [6, 6.07) is 51.1. The van der Waals surface area contributed by atoms with Crippen molar-refractivity contribution in [1.29, 1.82) is 0 Å². The zero-order chi connectivity index (χ0) is 33.3. The molecule has 8 aromatic carbocycles. The minimum Gasteiger partial charge on any atom is -1.00 e. The van der Waals surface area contributed by atoms with E-state index in [4.69, 9.17) is 0 Å². The third-order valence-corrected chi connectivity index (χ3v) is 7.59. The standard InChI is InChI=1S/4C10H9.2C2H6Si.2ClH.2Hf/c4*1-8-6-7-9-4-2-3-5-10(8)9;2*1-3-2;;;;/h4*2-7H,1H3;2*1-2H3;2*1H;;/q4*-1;;;;;;/p-2. The molecule has 0 saturated heterocycles. The number of hydrogen-bond acceptors (Lipinski definition) is 0. The quantitative estimate of drug-likeness (QED) is 0.113. The van der Waals surface area contributed by atoms with Gasteiger partial charge in [-0.15, -0.1) is 140 Å². The normalized spacial score (nSPS) is 9.12. The predicted octanol–water partition coefficient (Wildman–Crippen LogP) is 7.05. The van der Waals surface area contributed by atoms with Crippen LogP contribution in [-0.4, -0.2) is 19.0 Å². The largest absolute Gasteiger partial charge is 1.00 e. The predicted molar refractivity (Wildman–Crippen MR) is 212 cm³/mol. The maximum absolute atomic E-state index is 2.16. The smallest absolute Gasteiger partial charge is 0.0307 e. The van der Waals surface area contributed by atoms with E-state index in [-0.39, 0.29) is 76.5 Å². The Morgan fingerprint density at radius 2 is 0.500 bits per heavy atom. The van der Waals surface area contributed by atoms with Gasteiger partial charge in [-0.1, -0.05) is 78.1 Å². The monoisotopic (exact) mass is 1060 g/mol. The van der Waals surface area contributed by atoms with Gasteiger partial charge in [0.15, 0.2) is 0 Å². The molecule has 6 heteroatoms. The van der Waals surface area contributed by atoms with E-state index >= 15 is 0 Å². The van der Waals surface area contributed by atoms with Crippen LogP contribution in [0.2, 0.25) is 26.2 Å². The summed E-state index contributed by atoms with van der Waals surface area (Å²) in [4.78, 5) is 0. The van der Waals surface area contributed by atoms with Crippen molar-refractivity contribution in [3.63, 3.8) is 0 Å². The first-order valence-electron chi connectivity index (χ1n) is 16.0. The van der Waals surface area contributed by atoms with Gasteiger partial charge >= 0.3 is 0 Å². The van der Waals surface area contributed by atoms with Crippen LogP contribution in [0.4, 0.5) is 0 Å². The number of aryl methyl sites for hydroxylation is 4. The van der Waals surface area contributed by atoms with Gasteiger partial charge in [0.25, 0.3) is 0 Å². The molecule has 0 bridgehead atoms.